The number of amides is 3. The lowest BCUT2D eigenvalue weighted by Gasteiger charge is -2.35. The average molecular weight is 727 g/mol. The third-order valence-corrected chi connectivity index (χ3v) is 9.96. The third kappa shape index (κ3) is 6.95. The van der Waals surface area contributed by atoms with Crippen molar-refractivity contribution in [1.82, 2.24) is 34.9 Å². The van der Waals surface area contributed by atoms with Gasteiger partial charge in [0.05, 0.1) is 34.5 Å². The summed E-state index contributed by atoms with van der Waals surface area (Å²) >= 11 is 6.51. The predicted octanol–water partition coefficient (Wildman–Crippen LogP) is 3.59. The van der Waals surface area contributed by atoms with Gasteiger partial charge in [0.25, 0.3) is 11.5 Å². The molecule has 3 amide bonds. The van der Waals surface area contributed by atoms with Crippen LogP contribution in [0.2, 0.25) is 5.02 Å². The minimum atomic E-state index is -0.459. The van der Waals surface area contributed by atoms with Crippen molar-refractivity contribution in [2.75, 3.05) is 48.8 Å². The number of carbonyl (C=O) groups is 3. The van der Waals surface area contributed by atoms with E-state index in [1.807, 2.05) is 42.1 Å². The number of pyridine rings is 1. The fourth-order valence-corrected chi connectivity index (χ4v) is 7.16. The number of piperidine rings is 2. The molecule has 15 nitrogen and oxygen atoms in total. The quantitative estimate of drug-likeness (QED) is 0.155. The fourth-order valence-electron chi connectivity index (χ4n) is 7.02. The van der Waals surface area contributed by atoms with Crippen LogP contribution in [0.4, 0.5) is 23.1 Å². The standard InChI is InChI=1S/C36H39ClN10O5/c1-38-30(49)19-52-28-15-21-14-22(9-11-26(21)45(2)35(28)51)41-33-25(37)17-40-36(43-33)39-16-20-6-5-13-47(18-20)27-8-4-7-23-31(44-46(3)32(23)27)24-10-12-29(48)42-34(24)50/h4,7-9,11,14-15,17,20,24H,5-6,10,12-13,16,18-19H2,1-3H3,(H,38,49)(H,42,48,50)(H2,39,40,41,43)/t20-,24?/m1/s1. The van der Waals surface area contributed by atoms with E-state index in [0.717, 1.165) is 47.9 Å². The van der Waals surface area contributed by atoms with Crippen LogP contribution in [0.3, 0.4) is 0 Å². The monoisotopic (exact) mass is 726 g/mol. The summed E-state index contributed by atoms with van der Waals surface area (Å²) in [5.74, 6) is -0.122. The Morgan fingerprint density at radius 1 is 1.12 bits per heavy atom. The Balaban J connectivity index is 1.04. The summed E-state index contributed by atoms with van der Waals surface area (Å²) in [6.45, 7) is 2.07. The molecule has 3 aromatic heterocycles. The first-order chi connectivity index (χ1) is 25.1. The van der Waals surface area contributed by atoms with Crippen molar-refractivity contribution in [1.29, 1.82) is 0 Å². The maximum atomic E-state index is 12.8. The van der Waals surface area contributed by atoms with E-state index in [2.05, 4.69) is 42.2 Å². The molecule has 0 radical (unpaired) electrons. The Morgan fingerprint density at radius 3 is 2.77 bits per heavy atom. The second-order valence-electron chi connectivity index (χ2n) is 13.1. The topological polar surface area (TPSA) is 177 Å². The highest BCUT2D eigenvalue weighted by atomic mass is 35.5. The molecule has 2 saturated heterocycles. The molecule has 270 valence electrons. The van der Waals surface area contributed by atoms with Gasteiger partial charge in [-0.05, 0) is 55.5 Å². The van der Waals surface area contributed by atoms with Crippen LogP contribution in [0.15, 0.2) is 53.5 Å². The van der Waals surface area contributed by atoms with Crippen molar-refractivity contribution in [3.8, 4) is 5.75 Å². The van der Waals surface area contributed by atoms with Crippen molar-refractivity contribution in [2.45, 2.75) is 31.6 Å². The number of benzene rings is 2. The maximum Gasteiger partial charge on any atom is 0.293 e. The molecule has 52 heavy (non-hydrogen) atoms. The summed E-state index contributed by atoms with van der Waals surface area (Å²) in [5, 5.41) is 18.3. The molecular weight excluding hydrogens is 688 g/mol. The Labute approximate surface area is 303 Å². The van der Waals surface area contributed by atoms with Gasteiger partial charge in [-0.15, -0.1) is 0 Å². The molecule has 2 fully saturated rings. The fraction of sp³-hybridized carbons (Fsp3) is 0.361. The number of hydrogen-bond acceptors (Lipinski definition) is 11. The first kappa shape index (κ1) is 34.7. The van der Waals surface area contributed by atoms with Gasteiger partial charge in [0.2, 0.25) is 17.8 Å². The Hall–Kier alpha value is -5.70. The zero-order valence-electron chi connectivity index (χ0n) is 29.0. The summed E-state index contributed by atoms with van der Waals surface area (Å²) in [6.07, 6.45) is 4.33. The largest absolute Gasteiger partial charge is 0.478 e. The van der Waals surface area contributed by atoms with Gasteiger partial charge in [-0.3, -0.25) is 29.2 Å². The number of para-hydroxylation sites is 1. The van der Waals surface area contributed by atoms with Gasteiger partial charge in [-0.2, -0.15) is 10.1 Å². The highest BCUT2D eigenvalue weighted by Gasteiger charge is 2.33. The number of anilines is 4. The molecule has 0 saturated carbocycles. The lowest BCUT2D eigenvalue weighted by atomic mass is 9.92. The summed E-state index contributed by atoms with van der Waals surface area (Å²) in [6, 6.07) is 13.2. The number of ether oxygens (including phenoxy) is 1. The molecule has 0 bridgehead atoms. The average Bonchev–Trinajstić information content (AvgIpc) is 3.48. The smallest absolute Gasteiger partial charge is 0.293 e. The molecule has 0 spiro atoms. The number of fused-ring (bicyclic) bond motifs is 2. The van der Waals surface area contributed by atoms with Gasteiger partial charge in [-0.25, -0.2) is 4.98 Å². The Bertz CT molecular complexity index is 2270. The van der Waals surface area contributed by atoms with E-state index in [1.165, 1.54) is 11.6 Å². The van der Waals surface area contributed by atoms with E-state index < -0.39 is 5.92 Å². The van der Waals surface area contributed by atoms with E-state index in [-0.39, 0.29) is 35.6 Å². The number of likely N-dealkylation sites (N-methyl/N-ethyl adjacent to an activating group) is 1. The van der Waals surface area contributed by atoms with Gasteiger partial charge in [0, 0.05) is 63.7 Å². The summed E-state index contributed by atoms with van der Waals surface area (Å²) in [4.78, 5) is 60.3. The molecule has 5 aromatic rings. The molecule has 1 unspecified atom stereocenters. The first-order valence-electron chi connectivity index (χ1n) is 17.1. The van der Waals surface area contributed by atoms with Crippen LogP contribution in [-0.2, 0) is 28.5 Å². The van der Waals surface area contributed by atoms with E-state index in [1.54, 1.807) is 19.3 Å². The van der Waals surface area contributed by atoms with Crippen LogP contribution < -0.4 is 36.5 Å². The number of nitrogens with zero attached hydrogens (tertiary/aromatic N) is 6. The maximum absolute atomic E-state index is 12.8. The number of carbonyl (C=O) groups excluding carboxylic acids is 3. The first-order valence-corrected chi connectivity index (χ1v) is 17.5. The van der Waals surface area contributed by atoms with Crippen LogP contribution in [0, 0.1) is 5.92 Å². The minimum Gasteiger partial charge on any atom is -0.478 e. The zero-order chi connectivity index (χ0) is 36.5. The van der Waals surface area contributed by atoms with Gasteiger partial charge in [0.1, 0.15) is 5.02 Å². The Kier molecular flexibility index (Phi) is 9.69. The number of halogens is 1. The molecule has 2 aliphatic heterocycles. The zero-order valence-corrected chi connectivity index (χ0v) is 29.8. The number of aromatic nitrogens is 5. The van der Waals surface area contributed by atoms with Gasteiger partial charge in [0.15, 0.2) is 18.2 Å². The Morgan fingerprint density at radius 2 is 1.96 bits per heavy atom. The summed E-state index contributed by atoms with van der Waals surface area (Å²) in [5.41, 5.74) is 3.76. The number of rotatable bonds is 10. The van der Waals surface area contributed by atoms with Gasteiger partial charge < -0.3 is 30.2 Å². The lowest BCUT2D eigenvalue weighted by molar-refractivity contribution is -0.134. The van der Waals surface area contributed by atoms with E-state index >= 15 is 0 Å². The molecule has 2 atom stereocenters. The van der Waals surface area contributed by atoms with Gasteiger partial charge >= 0.3 is 0 Å². The van der Waals surface area contributed by atoms with Crippen LogP contribution in [0.5, 0.6) is 5.75 Å². The summed E-state index contributed by atoms with van der Waals surface area (Å²) < 4.78 is 8.81. The van der Waals surface area contributed by atoms with Crippen LogP contribution >= 0.6 is 11.6 Å². The highest BCUT2D eigenvalue weighted by Crippen LogP contribution is 2.36. The third-order valence-electron chi connectivity index (χ3n) is 9.69. The van der Waals surface area contributed by atoms with E-state index in [4.69, 9.17) is 21.4 Å². The van der Waals surface area contributed by atoms with Crippen LogP contribution in [0.1, 0.15) is 37.3 Å². The van der Waals surface area contributed by atoms with Crippen LogP contribution in [-0.4, -0.2) is 75.3 Å². The highest BCUT2D eigenvalue weighted by molar-refractivity contribution is 6.33. The van der Waals surface area contributed by atoms with Crippen molar-refractivity contribution in [3.63, 3.8) is 0 Å². The van der Waals surface area contributed by atoms with Gasteiger partial charge in [-0.1, -0.05) is 23.7 Å². The summed E-state index contributed by atoms with van der Waals surface area (Å²) in [7, 11) is 5.05. The molecule has 5 heterocycles. The van der Waals surface area contributed by atoms with E-state index in [9.17, 15) is 19.2 Å². The number of nitrogens with one attached hydrogen (secondary N) is 4. The second kappa shape index (κ2) is 14.5. The molecule has 2 aromatic carbocycles. The van der Waals surface area contributed by atoms with Crippen molar-refractivity contribution in [2.24, 2.45) is 20.0 Å². The number of imide groups is 1. The van der Waals surface area contributed by atoms with Crippen molar-refractivity contribution < 1.29 is 19.1 Å². The number of aryl methyl sites for hydroxylation is 2. The molecule has 2 aliphatic rings. The van der Waals surface area contributed by atoms with Crippen molar-refractivity contribution >= 4 is 74.3 Å². The molecular formula is C36H39ClN10O5. The van der Waals surface area contributed by atoms with Crippen molar-refractivity contribution in [3.05, 3.63) is 69.7 Å². The van der Waals surface area contributed by atoms with Crippen LogP contribution in [0.25, 0.3) is 21.8 Å². The predicted molar refractivity (Wildman–Crippen MR) is 198 cm³/mol. The lowest BCUT2D eigenvalue weighted by Crippen LogP contribution is -2.39. The minimum absolute atomic E-state index is 0.0672. The van der Waals surface area contributed by atoms with E-state index in [0.29, 0.717) is 59.0 Å². The SMILES string of the molecule is CNC(=O)COc1cc2cc(Nc3nc(NC[C@H]4CCCN(c5cccc6c(C7CCC(=O)NC7=O)nn(C)c56)C4)ncc3Cl)ccc2n(C)c1=O. The second-order valence-corrected chi connectivity index (χ2v) is 13.6. The normalized spacial score (nSPS) is 17.7. The molecule has 16 heteroatoms. The molecule has 0 aliphatic carbocycles. The molecule has 4 N–H and O–H groups in total. The number of hydrogen-bond donors (Lipinski definition) is 4. The molecule has 7 rings (SSSR count).